The van der Waals surface area contributed by atoms with Crippen molar-refractivity contribution in [2.24, 2.45) is 15.8 Å². The number of hydrazine groups is 1. The van der Waals surface area contributed by atoms with Gasteiger partial charge in [-0.2, -0.15) is 0 Å². The van der Waals surface area contributed by atoms with Gasteiger partial charge in [-0.15, -0.1) is 0 Å². The van der Waals surface area contributed by atoms with E-state index in [1.807, 2.05) is 13.8 Å². The molecule has 0 spiro atoms. The molecule has 4 nitrogen and oxygen atoms in total. The highest BCUT2D eigenvalue weighted by atomic mass is 15.4. The molecule has 0 aliphatic rings. The van der Waals surface area contributed by atoms with Crippen molar-refractivity contribution in [3.63, 3.8) is 0 Å². The van der Waals surface area contributed by atoms with E-state index in [0.717, 1.165) is 16.9 Å². The van der Waals surface area contributed by atoms with Gasteiger partial charge in [0.25, 0.3) is 0 Å². The summed E-state index contributed by atoms with van der Waals surface area (Å²) in [6, 6.07) is 0. The lowest BCUT2D eigenvalue weighted by molar-refractivity contribution is 0.531. The van der Waals surface area contributed by atoms with Crippen molar-refractivity contribution < 1.29 is 0 Å². The Morgan fingerprint density at radius 1 is 1.21 bits per heavy atom. The second-order valence-corrected chi connectivity index (χ2v) is 3.16. The van der Waals surface area contributed by atoms with E-state index in [4.69, 9.17) is 5.84 Å². The molecule has 0 aliphatic heterocycles. The zero-order chi connectivity index (χ0) is 11.3. The van der Waals surface area contributed by atoms with E-state index in [1.54, 1.807) is 14.1 Å². The van der Waals surface area contributed by atoms with E-state index >= 15 is 0 Å². The van der Waals surface area contributed by atoms with Crippen LogP contribution in [0.1, 0.15) is 13.8 Å². The Morgan fingerprint density at radius 3 is 1.86 bits per heavy atom. The third-order valence-corrected chi connectivity index (χ3v) is 1.54. The highest BCUT2D eigenvalue weighted by molar-refractivity contribution is 6.15. The molecule has 0 heterocycles. The first kappa shape index (κ1) is 12.6. The largest absolute Gasteiger partial charge is 0.282 e. The highest BCUT2D eigenvalue weighted by Crippen LogP contribution is 2.04. The third-order valence-electron chi connectivity index (χ3n) is 1.54. The molecule has 4 heteroatoms. The first-order valence-corrected chi connectivity index (χ1v) is 4.25. The third kappa shape index (κ3) is 3.53. The maximum atomic E-state index is 5.53. The fraction of sp³-hybridized carbons (Fsp3) is 0.400. The number of rotatable bonds is 2. The van der Waals surface area contributed by atoms with Crippen LogP contribution in [0, 0.1) is 0 Å². The number of nitrogens with two attached hydrogens (primary N) is 1. The van der Waals surface area contributed by atoms with Crippen LogP contribution in [0.4, 0.5) is 0 Å². The summed E-state index contributed by atoms with van der Waals surface area (Å²) in [5.41, 5.74) is 2.43. The molecule has 0 atom stereocenters. The monoisotopic (exact) mass is 194 g/mol. The van der Waals surface area contributed by atoms with E-state index in [2.05, 4.69) is 23.1 Å². The number of hydrogen-bond acceptors (Lipinski definition) is 2. The Bertz CT molecular complexity index is 281. The van der Waals surface area contributed by atoms with Gasteiger partial charge >= 0.3 is 0 Å². The van der Waals surface area contributed by atoms with Crippen molar-refractivity contribution in [1.82, 2.24) is 5.01 Å². The van der Waals surface area contributed by atoms with Crippen molar-refractivity contribution in [2.75, 3.05) is 14.1 Å². The maximum Gasteiger partial charge on any atom is 0.235 e. The van der Waals surface area contributed by atoms with Crippen LogP contribution in [0.5, 0.6) is 0 Å². The summed E-state index contributed by atoms with van der Waals surface area (Å²) < 4.78 is 0. The molecule has 0 bridgehead atoms. The Labute approximate surface area is 85.5 Å². The van der Waals surface area contributed by atoms with E-state index in [0.29, 0.717) is 5.96 Å². The molecular weight excluding hydrogens is 176 g/mol. The van der Waals surface area contributed by atoms with Crippen LogP contribution in [-0.4, -0.2) is 30.8 Å². The van der Waals surface area contributed by atoms with Gasteiger partial charge in [0.05, 0.1) is 5.71 Å². The van der Waals surface area contributed by atoms with Gasteiger partial charge in [0, 0.05) is 14.1 Å². The molecule has 0 saturated heterocycles. The molecular formula is C10H18N4. The van der Waals surface area contributed by atoms with Gasteiger partial charge < -0.3 is 0 Å². The zero-order valence-corrected chi connectivity index (χ0v) is 9.33. The average molecular weight is 194 g/mol. The Hall–Kier alpha value is -1.42. The fourth-order valence-electron chi connectivity index (χ4n) is 0.942. The van der Waals surface area contributed by atoms with Crippen molar-refractivity contribution in [1.29, 1.82) is 0 Å². The van der Waals surface area contributed by atoms with Crippen molar-refractivity contribution in [3.05, 3.63) is 24.3 Å². The van der Waals surface area contributed by atoms with E-state index in [1.165, 1.54) is 5.01 Å². The summed E-state index contributed by atoms with van der Waals surface area (Å²) in [6.07, 6.45) is 0. The molecule has 0 rings (SSSR count). The molecule has 0 radical (unpaired) electrons. The molecule has 2 N–H and O–H groups in total. The average Bonchev–Trinajstić information content (AvgIpc) is 2.03. The summed E-state index contributed by atoms with van der Waals surface area (Å²) in [5.74, 6) is 5.98. The van der Waals surface area contributed by atoms with Crippen molar-refractivity contribution in [2.45, 2.75) is 13.8 Å². The molecule has 0 saturated carbocycles. The van der Waals surface area contributed by atoms with Gasteiger partial charge in [0.1, 0.15) is 0 Å². The van der Waals surface area contributed by atoms with Crippen LogP contribution in [0.3, 0.4) is 0 Å². The smallest absolute Gasteiger partial charge is 0.235 e. The molecule has 0 fully saturated rings. The molecule has 0 aromatic rings. The number of hydrogen-bond donors (Lipinski definition) is 1. The van der Waals surface area contributed by atoms with Crippen LogP contribution in [0.15, 0.2) is 34.3 Å². The molecule has 0 unspecified atom stereocenters. The molecule has 0 aromatic heterocycles. The van der Waals surface area contributed by atoms with Gasteiger partial charge in [0.2, 0.25) is 5.96 Å². The minimum Gasteiger partial charge on any atom is -0.282 e. The molecule has 0 amide bonds. The van der Waals surface area contributed by atoms with Crippen LogP contribution >= 0.6 is 0 Å². The number of nitrogens with zero attached hydrogens (tertiary/aromatic N) is 3. The quantitative estimate of drug-likeness (QED) is 0.312. The van der Waals surface area contributed by atoms with Gasteiger partial charge in [-0.1, -0.05) is 13.2 Å². The Morgan fingerprint density at radius 2 is 1.64 bits per heavy atom. The van der Waals surface area contributed by atoms with Crippen LogP contribution in [-0.2, 0) is 0 Å². The minimum atomic E-state index is 0.450. The van der Waals surface area contributed by atoms with Gasteiger partial charge in [-0.05, 0) is 25.0 Å². The van der Waals surface area contributed by atoms with Gasteiger partial charge in [-0.3, -0.25) is 10.0 Å². The second-order valence-electron chi connectivity index (χ2n) is 3.16. The molecule has 14 heavy (non-hydrogen) atoms. The SMILES string of the molecule is C=C(C)C(=NC(=NC)N(C)N)C(=C)C. The molecule has 78 valence electrons. The standard InChI is InChI=1S/C10H18N4/c1-7(2)9(8(3)4)13-10(12-5)14(6)11/h1,3,11H2,2,4-6H3. The zero-order valence-electron chi connectivity index (χ0n) is 9.33. The maximum absolute atomic E-state index is 5.53. The van der Waals surface area contributed by atoms with Crippen molar-refractivity contribution >= 4 is 11.7 Å². The van der Waals surface area contributed by atoms with E-state index < -0.39 is 0 Å². The fourth-order valence-corrected chi connectivity index (χ4v) is 0.942. The first-order chi connectivity index (χ1) is 6.40. The molecule has 0 aromatic carbocycles. The summed E-state index contributed by atoms with van der Waals surface area (Å²) in [5, 5.41) is 1.35. The predicted molar refractivity (Wildman–Crippen MR) is 62.4 cm³/mol. The minimum absolute atomic E-state index is 0.450. The Kier molecular flexibility index (Phi) is 4.80. The number of aliphatic imine (C=N–C) groups is 2. The topological polar surface area (TPSA) is 54.0 Å². The summed E-state index contributed by atoms with van der Waals surface area (Å²) in [7, 11) is 3.32. The lowest BCUT2D eigenvalue weighted by Gasteiger charge is -2.12. The normalized spacial score (nSPS) is 10.8. The van der Waals surface area contributed by atoms with E-state index in [9.17, 15) is 0 Å². The van der Waals surface area contributed by atoms with Crippen LogP contribution < -0.4 is 5.84 Å². The van der Waals surface area contributed by atoms with Gasteiger partial charge in [0.15, 0.2) is 0 Å². The lowest BCUT2D eigenvalue weighted by atomic mass is 10.1. The van der Waals surface area contributed by atoms with Crippen LogP contribution in [0.25, 0.3) is 0 Å². The predicted octanol–water partition coefficient (Wildman–Crippen LogP) is 1.37. The summed E-state index contributed by atoms with van der Waals surface area (Å²) in [4.78, 5) is 8.20. The number of guanidine groups is 1. The summed E-state index contributed by atoms with van der Waals surface area (Å²) in [6.45, 7) is 11.4. The van der Waals surface area contributed by atoms with Gasteiger partial charge in [-0.25, -0.2) is 10.8 Å². The van der Waals surface area contributed by atoms with Crippen molar-refractivity contribution in [3.8, 4) is 0 Å². The second kappa shape index (κ2) is 5.34. The first-order valence-electron chi connectivity index (χ1n) is 4.25. The van der Waals surface area contributed by atoms with E-state index in [-0.39, 0.29) is 0 Å². The highest BCUT2D eigenvalue weighted by Gasteiger charge is 2.05. The molecule has 0 aliphatic carbocycles. The lowest BCUT2D eigenvalue weighted by Crippen LogP contribution is -2.32. The summed E-state index contributed by atoms with van der Waals surface area (Å²) >= 11 is 0. The number of allylic oxidation sites excluding steroid dienone is 2. The van der Waals surface area contributed by atoms with Crippen LogP contribution in [0.2, 0.25) is 0 Å². The Balaban J connectivity index is 5.10.